The number of imidazole rings is 1. The van der Waals surface area contributed by atoms with E-state index >= 15 is 0 Å². The summed E-state index contributed by atoms with van der Waals surface area (Å²) < 4.78 is 25.3. The number of carbonyl (C=O) groups is 1. The zero-order valence-corrected chi connectivity index (χ0v) is 13.6. The summed E-state index contributed by atoms with van der Waals surface area (Å²) in [6.45, 7) is 3.38. The van der Waals surface area contributed by atoms with Gasteiger partial charge in [-0.1, -0.05) is 0 Å². The lowest BCUT2D eigenvalue weighted by Crippen LogP contribution is -2.26. The Labute approximate surface area is 128 Å². The van der Waals surface area contributed by atoms with Crippen LogP contribution in [0.4, 0.5) is 0 Å². The Morgan fingerprint density at radius 2 is 1.77 bits per heavy atom. The van der Waals surface area contributed by atoms with Crippen molar-refractivity contribution in [2.75, 3.05) is 12.0 Å². The van der Waals surface area contributed by atoms with E-state index in [0.717, 1.165) is 6.26 Å². The van der Waals surface area contributed by atoms with Gasteiger partial charge >= 0.3 is 5.69 Å². The summed E-state index contributed by atoms with van der Waals surface area (Å²) in [5.74, 6) is -0.124. The van der Waals surface area contributed by atoms with Crippen molar-refractivity contribution in [2.45, 2.75) is 20.4 Å². The van der Waals surface area contributed by atoms with Gasteiger partial charge in [-0.3, -0.25) is 13.9 Å². The number of aryl methyl sites for hydroxylation is 2. The van der Waals surface area contributed by atoms with Gasteiger partial charge in [-0.25, -0.2) is 13.2 Å². The van der Waals surface area contributed by atoms with Crippen molar-refractivity contribution in [3.8, 4) is 5.69 Å². The van der Waals surface area contributed by atoms with Crippen LogP contribution >= 0.6 is 0 Å². The number of Topliss-reactive ketones (excluding diaryl/α,β-unsaturated/α-hetero) is 1. The second kappa shape index (κ2) is 5.92. The van der Waals surface area contributed by atoms with Crippen molar-refractivity contribution in [2.24, 2.45) is 0 Å². The van der Waals surface area contributed by atoms with Gasteiger partial charge in [-0.2, -0.15) is 0 Å². The molecule has 22 heavy (non-hydrogen) atoms. The normalized spacial score (nSPS) is 11.6. The Kier molecular flexibility index (Phi) is 4.37. The summed E-state index contributed by atoms with van der Waals surface area (Å²) in [7, 11) is -3.13. The first-order chi connectivity index (χ1) is 10.2. The molecule has 0 N–H and O–H groups in total. The molecule has 0 unspecified atom stereocenters. The molecule has 0 aliphatic carbocycles. The fourth-order valence-electron chi connectivity index (χ4n) is 2.20. The summed E-state index contributed by atoms with van der Waals surface area (Å²) in [5, 5.41) is 0. The van der Waals surface area contributed by atoms with Crippen molar-refractivity contribution < 1.29 is 13.2 Å². The zero-order valence-electron chi connectivity index (χ0n) is 12.7. The number of aromatic nitrogens is 2. The zero-order chi connectivity index (χ0) is 16.5. The van der Waals surface area contributed by atoms with Gasteiger partial charge in [-0.05, 0) is 38.1 Å². The van der Waals surface area contributed by atoms with E-state index in [2.05, 4.69) is 0 Å². The SMILES string of the molecule is CC(=O)c1ccc(-n2c(C)cn(CCS(C)(=O)=O)c2=O)cc1. The van der Waals surface area contributed by atoms with Crippen LogP contribution in [0.15, 0.2) is 35.3 Å². The average Bonchev–Trinajstić information content (AvgIpc) is 2.70. The van der Waals surface area contributed by atoms with Crippen LogP contribution in [-0.4, -0.2) is 35.3 Å². The molecule has 6 nitrogen and oxygen atoms in total. The number of sulfone groups is 1. The molecule has 0 spiro atoms. The fourth-order valence-corrected chi connectivity index (χ4v) is 2.73. The van der Waals surface area contributed by atoms with Gasteiger partial charge in [0.25, 0.3) is 0 Å². The second-order valence-electron chi connectivity index (χ2n) is 5.31. The largest absolute Gasteiger partial charge is 0.332 e. The first-order valence-corrected chi connectivity index (χ1v) is 8.83. The van der Waals surface area contributed by atoms with Crippen LogP contribution in [-0.2, 0) is 16.4 Å². The maximum atomic E-state index is 12.4. The fraction of sp³-hybridized carbons (Fsp3) is 0.333. The minimum Gasteiger partial charge on any atom is -0.298 e. The molecule has 0 saturated heterocycles. The number of nitrogens with zero attached hydrogens (tertiary/aromatic N) is 2. The van der Waals surface area contributed by atoms with Crippen molar-refractivity contribution in [1.29, 1.82) is 0 Å². The summed E-state index contributed by atoms with van der Waals surface area (Å²) in [5.41, 5.74) is 1.63. The van der Waals surface area contributed by atoms with Gasteiger partial charge < -0.3 is 0 Å². The van der Waals surface area contributed by atoms with Gasteiger partial charge in [-0.15, -0.1) is 0 Å². The molecule has 7 heteroatoms. The topological polar surface area (TPSA) is 78.1 Å². The Balaban J connectivity index is 2.38. The van der Waals surface area contributed by atoms with Crippen molar-refractivity contribution >= 4 is 15.6 Å². The molecule has 1 heterocycles. The van der Waals surface area contributed by atoms with Crippen molar-refractivity contribution in [3.05, 3.63) is 52.2 Å². The van der Waals surface area contributed by atoms with Gasteiger partial charge in [0.15, 0.2) is 5.78 Å². The maximum Gasteiger partial charge on any atom is 0.332 e. The molecule has 0 amide bonds. The molecule has 118 valence electrons. The number of ketones is 1. The highest BCUT2D eigenvalue weighted by Crippen LogP contribution is 2.11. The van der Waals surface area contributed by atoms with Crippen molar-refractivity contribution in [3.63, 3.8) is 0 Å². The molecular weight excluding hydrogens is 304 g/mol. The average molecular weight is 322 g/mol. The van der Waals surface area contributed by atoms with Crippen LogP contribution < -0.4 is 5.69 Å². The maximum absolute atomic E-state index is 12.4. The minimum atomic E-state index is -3.13. The van der Waals surface area contributed by atoms with E-state index in [-0.39, 0.29) is 23.8 Å². The van der Waals surface area contributed by atoms with E-state index in [1.165, 1.54) is 16.1 Å². The number of benzene rings is 1. The minimum absolute atomic E-state index is 0.0404. The standard InChI is InChI=1S/C15H18N2O4S/c1-11-10-16(8-9-22(3,20)21)15(19)17(11)14-6-4-13(5-7-14)12(2)18/h4-7,10H,8-9H2,1-3H3. The van der Waals surface area contributed by atoms with Crippen molar-refractivity contribution in [1.82, 2.24) is 9.13 Å². The Bertz CT molecular complexity index is 858. The molecule has 0 bridgehead atoms. The summed E-state index contributed by atoms with van der Waals surface area (Å²) in [6.07, 6.45) is 2.77. The van der Waals surface area contributed by atoms with E-state index in [1.807, 2.05) is 0 Å². The van der Waals surface area contributed by atoms with Gasteiger partial charge in [0.1, 0.15) is 9.84 Å². The Hall–Kier alpha value is -2.15. The van der Waals surface area contributed by atoms with Crippen LogP contribution in [0.1, 0.15) is 23.0 Å². The van der Waals surface area contributed by atoms with Crippen LogP contribution in [0.2, 0.25) is 0 Å². The summed E-state index contributed by atoms with van der Waals surface area (Å²) in [6, 6.07) is 6.73. The molecule has 0 atom stereocenters. The van der Waals surface area contributed by atoms with Gasteiger partial charge in [0, 0.05) is 30.3 Å². The highest BCUT2D eigenvalue weighted by atomic mass is 32.2. The first-order valence-electron chi connectivity index (χ1n) is 6.77. The Morgan fingerprint density at radius 1 is 1.18 bits per heavy atom. The number of hydrogen-bond donors (Lipinski definition) is 0. The molecular formula is C15H18N2O4S. The van der Waals surface area contributed by atoms with Crippen LogP contribution in [0.25, 0.3) is 5.69 Å². The van der Waals surface area contributed by atoms with Crippen LogP contribution in [0.5, 0.6) is 0 Å². The van der Waals surface area contributed by atoms with E-state index in [0.29, 0.717) is 16.9 Å². The predicted molar refractivity (Wildman–Crippen MR) is 84.5 cm³/mol. The van der Waals surface area contributed by atoms with Crippen LogP contribution in [0.3, 0.4) is 0 Å². The smallest absolute Gasteiger partial charge is 0.298 e. The first kappa shape index (κ1) is 16.2. The highest BCUT2D eigenvalue weighted by molar-refractivity contribution is 7.90. The van der Waals surface area contributed by atoms with Gasteiger partial charge in [0.05, 0.1) is 11.4 Å². The third-order valence-corrected chi connectivity index (χ3v) is 4.29. The van der Waals surface area contributed by atoms with Crippen LogP contribution in [0, 0.1) is 6.92 Å². The third-order valence-electron chi connectivity index (χ3n) is 3.37. The van der Waals surface area contributed by atoms with E-state index in [9.17, 15) is 18.0 Å². The molecule has 2 rings (SSSR count). The lowest BCUT2D eigenvalue weighted by Gasteiger charge is -2.05. The molecule has 0 saturated carbocycles. The monoisotopic (exact) mass is 322 g/mol. The summed E-state index contributed by atoms with van der Waals surface area (Å²) >= 11 is 0. The number of carbonyl (C=O) groups excluding carboxylic acids is 1. The molecule has 1 aromatic heterocycles. The van der Waals surface area contributed by atoms with E-state index in [1.54, 1.807) is 37.4 Å². The molecule has 0 radical (unpaired) electrons. The predicted octanol–water partition coefficient (Wildman–Crippen LogP) is 1.19. The number of rotatable bonds is 5. The molecule has 0 aliphatic rings. The molecule has 0 fully saturated rings. The molecule has 0 aliphatic heterocycles. The van der Waals surface area contributed by atoms with E-state index in [4.69, 9.17) is 0 Å². The third kappa shape index (κ3) is 3.54. The molecule has 1 aromatic carbocycles. The van der Waals surface area contributed by atoms with Gasteiger partial charge in [0.2, 0.25) is 0 Å². The lowest BCUT2D eigenvalue weighted by atomic mass is 10.1. The number of hydrogen-bond acceptors (Lipinski definition) is 4. The molecule has 2 aromatic rings. The highest BCUT2D eigenvalue weighted by Gasteiger charge is 2.12. The Morgan fingerprint density at radius 3 is 2.27 bits per heavy atom. The van der Waals surface area contributed by atoms with E-state index < -0.39 is 9.84 Å². The quantitative estimate of drug-likeness (QED) is 0.775. The second-order valence-corrected chi connectivity index (χ2v) is 7.57. The summed E-state index contributed by atoms with van der Waals surface area (Å²) in [4.78, 5) is 23.7. The lowest BCUT2D eigenvalue weighted by molar-refractivity contribution is 0.101.